The summed E-state index contributed by atoms with van der Waals surface area (Å²) >= 11 is 0. The Morgan fingerprint density at radius 1 is 0.920 bits per heavy atom. The molecule has 0 aliphatic rings. The van der Waals surface area contributed by atoms with Crippen molar-refractivity contribution in [1.82, 2.24) is 0 Å². The minimum atomic E-state index is -2.94. The van der Waals surface area contributed by atoms with E-state index in [4.69, 9.17) is 19.9 Å². The summed E-state index contributed by atoms with van der Waals surface area (Å²) in [5.41, 5.74) is 7.82. The van der Waals surface area contributed by atoms with Crippen LogP contribution in [0.4, 0.5) is 14.5 Å². The molecule has 0 radical (unpaired) electrons. The first-order chi connectivity index (χ1) is 11.9. The maximum Gasteiger partial charge on any atom is 0.387 e. The third-order valence-electron chi connectivity index (χ3n) is 3.59. The Morgan fingerprint density at radius 2 is 1.52 bits per heavy atom. The Kier molecular flexibility index (Phi) is 5.69. The molecule has 0 amide bonds. The number of hydrogen-bond donors (Lipinski definition) is 1. The standard InChI is InChI=1S/C18H19F2NO4/c1-10(11-5-6-14(13(21)7-11)25-18(19)20)12-8-15(22-2)17(24-4)16(9-12)23-3/h5-9,18H,1,21H2,2-4H3. The van der Waals surface area contributed by atoms with Crippen molar-refractivity contribution in [2.75, 3.05) is 27.1 Å². The largest absolute Gasteiger partial charge is 0.493 e. The van der Waals surface area contributed by atoms with Crippen LogP contribution in [0.3, 0.4) is 0 Å². The number of nitrogens with two attached hydrogens (primary N) is 1. The molecule has 0 heterocycles. The molecule has 134 valence electrons. The zero-order valence-electron chi connectivity index (χ0n) is 14.1. The number of nitrogen functional groups attached to an aromatic ring is 1. The minimum Gasteiger partial charge on any atom is -0.493 e. The second-order valence-electron chi connectivity index (χ2n) is 5.02. The van der Waals surface area contributed by atoms with Crippen molar-refractivity contribution in [2.24, 2.45) is 0 Å². The smallest absolute Gasteiger partial charge is 0.387 e. The first-order valence-electron chi connectivity index (χ1n) is 7.25. The van der Waals surface area contributed by atoms with Crippen LogP contribution in [0.25, 0.3) is 5.57 Å². The van der Waals surface area contributed by atoms with Gasteiger partial charge in [-0.15, -0.1) is 0 Å². The molecule has 0 atom stereocenters. The summed E-state index contributed by atoms with van der Waals surface area (Å²) in [6.07, 6.45) is 0. The summed E-state index contributed by atoms with van der Waals surface area (Å²) < 4.78 is 44.9. The van der Waals surface area contributed by atoms with Crippen molar-refractivity contribution >= 4 is 11.3 Å². The first kappa shape index (κ1) is 18.4. The Hall–Kier alpha value is -2.96. The lowest BCUT2D eigenvalue weighted by Gasteiger charge is -2.16. The third kappa shape index (κ3) is 3.93. The van der Waals surface area contributed by atoms with Crippen molar-refractivity contribution in [1.29, 1.82) is 0 Å². The van der Waals surface area contributed by atoms with E-state index in [0.717, 1.165) is 0 Å². The molecule has 7 heteroatoms. The van der Waals surface area contributed by atoms with Crippen LogP contribution < -0.4 is 24.7 Å². The van der Waals surface area contributed by atoms with Gasteiger partial charge >= 0.3 is 6.61 Å². The molecule has 2 N–H and O–H groups in total. The van der Waals surface area contributed by atoms with E-state index in [1.807, 2.05) is 0 Å². The molecule has 0 aliphatic carbocycles. The van der Waals surface area contributed by atoms with E-state index >= 15 is 0 Å². The highest BCUT2D eigenvalue weighted by Crippen LogP contribution is 2.41. The predicted molar refractivity (Wildman–Crippen MR) is 91.7 cm³/mol. The minimum absolute atomic E-state index is 0.0866. The van der Waals surface area contributed by atoms with Crippen LogP contribution in [0.1, 0.15) is 11.1 Å². The molecule has 2 aromatic rings. The van der Waals surface area contributed by atoms with Gasteiger partial charge in [0.25, 0.3) is 0 Å². The Bertz CT molecular complexity index is 753. The highest BCUT2D eigenvalue weighted by Gasteiger charge is 2.16. The van der Waals surface area contributed by atoms with E-state index in [9.17, 15) is 8.78 Å². The molecule has 0 spiro atoms. The van der Waals surface area contributed by atoms with E-state index in [2.05, 4.69) is 11.3 Å². The highest BCUT2D eigenvalue weighted by atomic mass is 19.3. The van der Waals surface area contributed by atoms with Crippen molar-refractivity contribution < 1.29 is 27.7 Å². The Balaban J connectivity index is 2.42. The van der Waals surface area contributed by atoms with Gasteiger partial charge in [-0.1, -0.05) is 12.6 Å². The lowest BCUT2D eigenvalue weighted by molar-refractivity contribution is -0.0493. The molecular weight excluding hydrogens is 332 g/mol. The third-order valence-corrected chi connectivity index (χ3v) is 3.59. The molecule has 0 bridgehead atoms. The maximum atomic E-state index is 12.3. The summed E-state index contributed by atoms with van der Waals surface area (Å²) in [7, 11) is 4.54. The number of alkyl halides is 2. The molecule has 0 saturated heterocycles. The summed E-state index contributed by atoms with van der Waals surface area (Å²) in [5, 5.41) is 0. The van der Waals surface area contributed by atoms with Gasteiger partial charge in [-0.2, -0.15) is 8.78 Å². The van der Waals surface area contributed by atoms with Gasteiger partial charge in [0, 0.05) is 0 Å². The van der Waals surface area contributed by atoms with Crippen LogP contribution in [0.2, 0.25) is 0 Å². The van der Waals surface area contributed by atoms with Crippen molar-refractivity contribution in [3.63, 3.8) is 0 Å². The van der Waals surface area contributed by atoms with Crippen LogP contribution in [-0.2, 0) is 0 Å². The predicted octanol–water partition coefficient (Wildman–Crippen LogP) is 3.96. The van der Waals surface area contributed by atoms with Gasteiger partial charge in [0.2, 0.25) is 5.75 Å². The molecule has 0 fully saturated rings. The average molecular weight is 351 g/mol. The molecule has 5 nitrogen and oxygen atoms in total. The first-order valence-corrected chi connectivity index (χ1v) is 7.25. The van der Waals surface area contributed by atoms with E-state index in [1.165, 1.54) is 33.5 Å². The summed E-state index contributed by atoms with van der Waals surface area (Å²) in [4.78, 5) is 0. The second kappa shape index (κ2) is 7.74. The van der Waals surface area contributed by atoms with Crippen LogP contribution in [0.15, 0.2) is 36.9 Å². The SMILES string of the molecule is C=C(c1ccc(OC(F)F)c(N)c1)c1cc(OC)c(OC)c(OC)c1. The summed E-state index contributed by atoms with van der Waals surface area (Å²) in [6, 6.07) is 7.97. The van der Waals surface area contributed by atoms with Crippen LogP contribution >= 0.6 is 0 Å². The van der Waals surface area contributed by atoms with Crippen LogP contribution in [0.5, 0.6) is 23.0 Å². The lowest BCUT2D eigenvalue weighted by Crippen LogP contribution is -2.04. The fraction of sp³-hybridized carbons (Fsp3) is 0.222. The van der Waals surface area contributed by atoms with Crippen molar-refractivity contribution in [3.8, 4) is 23.0 Å². The second-order valence-corrected chi connectivity index (χ2v) is 5.02. The molecule has 0 unspecified atom stereocenters. The monoisotopic (exact) mass is 351 g/mol. The van der Waals surface area contributed by atoms with Gasteiger partial charge in [0.05, 0.1) is 27.0 Å². The molecule has 2 aromatic carbocycles. The average Bonchev–Trinajstić information content (AvgIpc) is 2.61. The van der Waals surface area contributed by atoms with Gasteiger partial charge in [-0.05, 0) is 41.0 Å². The van der Waals surface area contributed by atoms with E-state index in [1.54, 1.807) is 18.2 Å². The number of ether oxygens (including phenoxy) is 4. The molecule has 25 heavy (non-hydrogen) atoms. The van der Waals surface area contributed by atoms with Crippen LogP contribution in [-0.4, -0.2) is 27.9 Å². The normalized spacial score (nSPS) is 10.5. The fourth-order valence-corrected chi connectivity index (χ4v) is 2.36. The molecule has 0 saturated carbocycles. The summed E-state index contributed by atoms with van der Waals surface area (Å²) in [5.74, 6) is 1.32. The number of methoxy groups -OCH3 is 3. The van der Waals surface area contributed by atoms with Gasteiger partial charge in [-0.25, -0.2) is 0 Å². The molecule has 0 aromatic heterocycles. The topological polar surface area (TPSA) is 62.9 Å². The zero-order valence-corrected chi connectivity index (χ0v) is 14.1. The number of hydrogen-bond acceptors (Lipinski definition) is 5. The van der Waals surface area contributed by atoms with Gasteiger partial charge in [0.1, 0.15) is 5.75 Å². The molecule has 2 rings (SSSR count). The number of benzene rings is 2. The number of halogens is 2. The molecule has 0 aliphatic heterocycles. The van der Waals surface area contributed by atoms with Gasteiger partial charge in [0.15, 0.2) is 11.5 Å². The van der Waals surface area contributed by atoms with Gasteiger partial charge < -0.3 is 24.7 Å². The lowest BCUT2D eigenvalue weighted by atomic mass is 9.98. The Labute approximate surface area is 144 Å². The van der Waals surface area contributed by atoms with Crippen LogP contribution in [0, 0.1) is 0 Å². The van der Waals surface area contributed by atoms with E-state index in [0.29, 0.717) is 33.9 Å². The quantitative estimate of drug-likeness (QED) is 0.765. The number of anilines is 1. The zero-order chi connectivity index (χ0) is 18.6. The highest BCUT2D eigenvalue weighted by molar-refractivity contribution is 5.82. The summed E-state index contributed by atoms with van der Waals surface area (Å²) in [6.45, 7) is 1.10. The van der Waals surface area contributed by atoms with E-state index in [-0.39, 0.29) is 11.4 Å². The van der Waals surface area contributed by atoms with Crippen molar-refractivity contribution in [2.45, 2.75) is 6.61 Å². The van der Waals surface area contributed by atoms with Crippen molar-refractivity contribution in [3.05, 3.63) is 48.0 Å². The maximum absolute atomic E-state index is 12.3. The molecular formula is C18H19F2NO4. The van der Waals surface area contributed by atoms with Gasteiger partial charge in [-0.3, -0.25) is 0 Å². The Morgan fingerprint density at radius 3 is 1.96 bits per heavy atom. The van der Waals surface area contributed by atoms with E-state index < -0.39 is 6.61 Å². The fourth-order valence-electron chi connectivity index (χ4n) is 2.36. The number of rotatable bonds is 7.